The molecule has 2 aromatic carbocycles. The van der Waals surface area contributed by atoms with Crippen LogP contribution in [0.25, 0.3) is 5.47 Å². The van der Waals surface area contributed by atoms with Gasteiger partial charge in [-0.3, -0.25) is 0 Å². The van der Waals surface area contributed by atoms with Crippen LogP contribution in [0.4, 0.5) is 12.9 Å². The third kappa shape index (κ3) is 3.63. The summed E-state index contributed by atoms with van der Waals surface area (Å²) in [6, 6.07) is 15.2. The molecule has 0 bridgehead atoms. The van der Waals surface area contributed by atoms with E-state index in [1.165, 1.54) is 6.07 Å². The minimum Gasteiger partial charge on any atom is -0.481 e. The van der Waals surface area contributed by atoms with E-state index in [1.807, 2.05) is 6.07 Å². The fourth-order valence-corrected chi connectivity index (χ4v) is 2.32. The second kappa shape index (κ2) is 6.71. The molecule has 0 aliphatic carbocycles. The van der Waals surface area contributed by atoms with Crippen LogP contribution in [0.3, 0.4) is 0 Å². The molecule has 2 aromatic rings. The van der Waals surface area contributed by atoms with E-state index in [1.54, 1.807) is 42.5 Å². The van der Waals surface area contributed by atoms with E-state index in [0.717, 1.165) is 6.08 Å². The molecule has 1 atom stereocenters. The molecular weight excluding hydrogens is 303 g/mol. The maximum Gasteiger partial charge on any atom is 1.00 e. The zero-order chi connectivity index (χ0) is 14.2. The number of benzene rings is 2. The molecule has 0 saturated carbocycles. The summed E-state index contributed by atoms with van der Waals surface area (Å²) in [5.74, 6) is 0.276. The van der Waals surface area contributed by atoms with Gasteiger partial charge in [0.05, 0.1) is 0 Å². The Balaban J connectivity index is 0.00000161. The van der Waals surface area contributed by atoms with Crippen LogP contribution in [-0.4, -0.2) is 6.98 Å². The summed E-state index contributed by atoms with van der Waals surface area (Å²) in [4.78, 5) is 0. The monoisotopic (exact) mass is 314 g/mol. The number of halogens is 3. The average Bonchev–Trinajstić information content (AvgIpc) is 2.46. The Morgan fingerprint density at radius 3 is 2.14 bits per heavy atom. The third-order valence-electron chi connectivity index (χ3n) is 3.26. The number of hydrogen-bond donors (Lipinski definition) is 0. The number of ether oxygens (including phenoxy) is 1. The number of para-hydroxylation sites is 1. The molecule has 0 saturated heterocycles. The number of fused-ring (bicyclic) bond motifs is 1. The first-order valence-electron chi connectivity index (χ1n) is 6.28. The van der Waals surface area contributed by atoms with Gasteiger partial charge >= 0.3 is 58.4 Å². The molecule has 1 aliphatic rings. The van der Waals surface area contributed by atoms with Gasteiger partial charge in [0.25, 0.3) is 0 Å². The minimum absolute atomic E-state index is 0. The van der Waals surface area contributed by atoms with Crippen molar-refractivity contribution in [1.82, 2.24) is 0 Å². The smallest absolute Gasteiger partial charge is 0.481 e. The quantitative estimate of drug-likeness (QED) is 0.765. The third-order valence-corrected chi connectivity index (χ3v) is 3.26. The van der Waals surface area contributed by atoms with Gasteiger partial charge < -0.3 is 17.7 Å². The van der Waals surface area contributed by atoms with E-state index in [0.29, 0.717) is 5.56 Å². The van der Waals surface area contributed by atoms with Gasteiger partial charge in [0, 0.05) is 0 Å². The topological polar surface area (TPSA) is 9.23 Å². The van der Waals surface area contributed by atoms with Crippen LogP contribution in [-0.2, 0) is 0 Å². The van der Waals surface area contributed by atoms with Crippen molar-refractivity contribution in [3.8, 4) is 5.75 Å². The molecule has 0 spiro atoms. The summed E-state index contributed by atoms with van der Waals surface area (Å²) >= 11 is 0. The number of hydrogen-bond acceptors (Lipinski definition) is 1. The summed E-state index contributed by atoms with van der Waals surface area (Å²) in [6.07, 6.45) is 0.460. The Morgan fingerprint density at radius 1 is 0.857 bits per heavy atom. The second-order valence-electron chi connectivity index (χ2n) is 4.64. The van der Waals surface area contributed by atoms with E-state index < -0.39 is 18.6 Å². The molecule has 6 heteroatoms. The zero-order valence-corrected chi connectivity index (χ0v) is 14.6. The molecule has 0 N–H and O–H groups in total. The van der Waals surface area contributed by atoms with Gasteiger partial charge in [-0.25, -0.2) is 0 Å². The van der Waals surface area contributed by atoms with Crippen molar-refractivity contribution in [3.05, 3.63) is 71.8 Å². The largest absolute Gasteiger partial charge is 1.00 e. The zero-order valence-electron chi connectivity index (χ0n) is 11.5. The Labute approximate surface area is 163 Å². The minimum atomic E-state index is -5.07. The van der Waals surface area contributed by atoms with Gasteiger partial charge in [-0.1, -0.05) is 60.1 Å². The van der Waals surface area contributed by atoms with E-state index >= 15 is 0 Å². The van der Waals surface area contributed by atoms with Crippen molar-refractivity contribution in [3.63, 3.8) is 0 Å². The van der Waals surface area contributed by atoms with E-state index in [2.05, 4.69) is 0 Å². The van der Waals surface area contributed by atoms with Crippen LogP contribution in [0.1, 0.15) is 17.2 Å². The second-order valence-corrected chi connectivity index (χ2v) is 4.64. The molecule has 1 heterocycles. The average molecular weight is 314 g/mol. The molecule has 0 amide bonds. The van der Waals surface area contributed by atoms with Crippen molar-refractivity contribution in [1.29, 1.82) is 0 Å². The van der Waals surface area contributed by atoms with Gasteiger partial charge in [0.2, 0.25) is 0 Å². The maximum atomic E-state index is 13.2. The van der Waals surface area contributed by atoms with Crippen molar-refractivity contribution in [2.75, 3.05) is 0 Å². The first kappa shape index (κ1) is 16.8. The van der Waals surface area contributed by atoms with Crippen LogP contribution in [0.5, 0.6) is 5.75 Å². The first-order valence-corrected chi connectivity index (χ1v) is 6.28. The molecule has 0 aromatic heterocycles. The Hall–Kier alpha value is -0.529. The summed E-state index contributed by atoms with van der Waals surface area (Å²) in [5, 5.41) is 0. The summed E-state index contributed by atoms with van der Waals surface area (Å²) < 4.78 is 45.4. The van der Waals surface area contributed by atoms with Crippen LogP contribution < -0.4 is 56.1 Å². The molecule has 1 aliphatic heterocycles. The Morgan fingerprint density at radius 2 is 1.48 bits per heavy atom. The Kier molecular flexibility index (Phi) is 5.38. The van der Waals surface area contributed by atoms with Crippen molar-refractivity contribution < 1.29 is 69.1 Å². The molecule has 21 heavy (non-hydrogen) atoms. The maximum absolute atomic E-state index is 13.2. The van der Waals surface area contributed by atoms with Crippen LogP contribution in [0.2, 0.25) is 0 Å². The molecule has 1 unspecified atom stereocenters. The molecule has 0 fully saturated rings. The van der Waals surface area contributed by atoms with Gasteiger partial charge in [-0.2, -0.15) is 0 Å². The molecule has 3 rings (SSSR count). The number of rotatable bonds is 2. The van der Waals surface area contributed by atoms with E-state index in [4.69, 9.17) is 4.74 Å². The van der Waals surface area contributed by atoms with E-state index in [9.17, 15) is 12.9 Å². The summed E-state index contributed by atoms with van der Waals surface area (Å²) in [7, 11) is 0. The molecule has 0 radical (unpaired) electrons. The van der Waals surface area contributed by atoms with Crippen molar-refractivity contribution in [2.45, 2.75) is 6.10 Å². The van der Waals surface area contributed by atoms with E-state index in [-0.39, 0.29) is 62.7 Å². The predicted molar refractivity (Wildman–Crippen MR) is 73.3 cm³/mol. The van der Waals surface area contributed by atoms with Gasteiger partial charge in [-0.05, 0) is 17.2 Å². The fourth-order valence-electron chi connectivity index (χ4n) is 2.32. The normalized spacial score (nSPS) is 17.1. The van der Waals surface area contributed by atoms with Gasteiger partial charge in [-0.15, -0.1) is 0 Å². The van der Waals surface area contributed by atoms with Crippen LogP contribution >= 0.6 is 0 Å². The SMILES string of the molecule is F[B-](F)(F)C1=CC(c2ccccc2)Oc2ccccc21.[K+]. The van der Waals surface area contributed by atoms with Crippen LogP contribution in [0.15, 0.2) is 60.7 Å². The van der Waals surface area contributed by atoms with Crippen molar-refractivity contribution >= 4 is 12.4 Å². The molecular formula is C15H11BF3KO. The first-order chi connectivity index (χ1) is 9.55. The van der Waals surface area contributed by atoms with Crippen molar-refractivity contribution in [2.24, 2.45) is 0 Å². The standard InChI is InChI=1S/C15H11BF3O.K/c17-16(18,19)13-10-15(11-6-2-1-3-7-11)20-14-9-5-4-8-12(13)14;/h1-10,15H;/q-1;+1. The molecule has 1 nitrogen and oxygen atoms in total. The summed E-state index contributed by atoms with van der Waals surface area (Å²) in [5.41, 5.74) is 0.243. The Bertz CT molecular complexity index is 655. The molecule has 102 valence electrons. The van der Waals surface area contributed by atoms with Crippen LogP contribution in [0, 0.1) is 0 Å². The predicted octanol–water partition coefficient (Wildman–Crippen LogP) is 1.59. The fraction of sp³-hybridized carbons (Fsp3) is 0.0667. The van der Waals surface area contributed by atoms with Gasteiger partial charge in [0.1, 0.15) is 11.9 Å². The summed E-state index contributed by atoms with van der Waals surface area (Å²) in [6.45, 7) is -5.07. The van der Waals surface area contributed by atoms with Gasteiger partial charge in [0.15, 0.2) is 0 Å².